The van der Waals surface area contributed by atoms with Crippen LogP contribution in [0.2, 0.25) is 10.0 Å². The maximum absolute atomic E-state index is 12.2. The lowest BCUT2D eigenvalue weighted by Crippen LogP contribution is -1.95. The molecule has 2 rings (SSSR count). The first-order valence-electron chi connectivity index (χ1n) is 4.93. The fourth-order valence-corrected chi connectivity index (χ4v) is 4.95. The monoisotopic (exact) mass is 318 g/mol. The van der Waals surface area contributed by atoms with Crippen molar-refractivity contribution in [3.8, 4) is 0 Å². The molecule has 0 amide bonds. The van der Waals surface area contributed by atoms with Gasteiger partial charge in [-0.25, -0.2) is 8.42 Å². The fraction of sp³-hybridized carbons (Fsp3) is 0. The zero-order valence-corrected chi connectivity index (χ0v) is 12.2. The van der Waals surface area contributed by atoms with Crippen LogP contribution in [0.15, 0.2) is 58.3 Å². The van der Waals surface area contributed by atoms with E-state index in [1.165, 1.54) is 6.07 Å². The highest BCUT2D eigenvalue weighted by Crippen LogP contribution is 2.34. The molecule has 0 fully saturated rings. The van der Waals surface area contributed by atoms with Gasteiger partial charge in [0.1, 0.15) is 0 Å². The summed E-state index contributed by atoms with van der Waals surface area (Å²) in [5.41, 5.74) is 0. The Balaban J connectivity index is 2.33. The summed E-state index contributed by atoms with van der Waals surface area (Å²) in [7, 11) is -2.76. The van der Waals surface area contributed by atoms with Crippen LogP contribution in [0.1, 0.15) is 0 Å². The van der Waals surface area contributed by atoms with Crippen molar-refractivity contribution in [1.82, 2.24) is 0 Å². The van der Waals surface area contributed by atoms with Crippen molar-refractivity contribution >= 4 is 42.9 Å². The van der Waals surface area contributed by atoms with Crippen LogP contribution in [0.4, 0.5) is 0 Å². The zero-order chi connectivity index (χ0) is 13.2. The molecule has 18 heavy (non-hydrogen) atoms. The molecule has 0 saturated heterocycles. The quantitative estimate of drug-likeness (QED) is 0.783. The fourth-order valence-electron chi connectivity index (χ4n) is 1.31. The molecule has 0 aliphatic carbocycles. The van der Waals surface area contributed by atoms with Crippen molar-refractivity contribution in [2.24, 2.45) is 0 Å². The molecule has 0 N–H and O–H groups in total. The average molecular weight is 319 g/mol. The minimum absolute atomic E-state index is 0.117. The topological polar surface area (TPSA) is 34.1 Å². The van der Waals surface area contributed by atoms with Gasteiger partial charge in [-0.3, -0.25) is 0 Å². The van der Waals surface area contributed by atoms with E-state index in [1.807, 2.05) is 0 Å². The van der Waals surface area contributed by atoms with Gasteiger partial charge < -0.3 is 0 Å². The molecule has 0 heterocycles. The number of rotatable bonds is 3. The third-order valence-corrected chi connectivity index (χ3v) is 6.17. The summed E-state index contributed by atoms with van der Waals surface area (Å²) in [4.78, 5) is 0.714. The highest BCUT2D eigenvalue weighted by atomic mass is 35.5. The summed E-state index contributed by atoms with van der Waals surface area (Å²) in [5, 5.41) is 0.786. The maximum Gasteiger partial charge on any atom is 0.236 e. The molecule has 0 radical (unpaired) electrons. The Morgan fingerprint density at radius 3 is 2.11 bits per heavy atom. The molecule has 0 aliphatic rings. The van der Waals surface area contributed by atoms with Gasteiger partial charge in [0.25, 0.3) is 0 Å². The van der Waals surface area contributed by atoms with Gasteiger partial charge >= 0.3 is 0 Å². The number of hydrogen-bond acceptors (Lipinski definition) is 3. The molecule has 0 aromatic heterocycles. The van der Waals surface area contributed by atoms with Crippen LogP contribution in [0, 0.1) is 0 Å². The van der Waals surface area contributed by atoms with E-state index in [1.54, 1.807) is 42.5 Å². The second-order valence-corrected chi connectivity index (χ2v) is 8.07. The molecule has 2 aromatic rings. The largest absolute Gasteiger partial charge is 0.236 e. The van der Waals surface area contributed by atoms with Crippen LogP contribution in [-0.2, 0) is 8.87 Å². The van der Waals surface area contributed by atoms with Gasteiger partial charge in [-0.1, -0.05) is 35.3 Å². The van der Waals surface area contributed by atoms with Gasteiger partial charge in [-0.15, -0.1) is 0 Å². The van der Waals surface area contributed by atoms with Gasteiger partial charge in [-0.2, -0.15) is 0 Å². The second-order valence-electron chi connectivity index (χ2n) is 3.42. The molecule has 2 aromatic carbocycles. The Hall–Kier alpha value is -0.680. The van der Waals surface area contributed by atoms with E-state index in [2.05, 4.69) is 0 Å². The van der Waals surface area contributed by atoms with Crippen molar-refractivity contribution in [1.29, 1.82) is 0 Å². The van der Waals surface area contributed by atoms with Crippen LogP contribution < -0.4 is 0 Å². The van der Waals surface area contributed by atoms with E-state index in [0.717, 1.165) is 10.8 Å². The SMILES string of the molecule is O=S(=O)(Sc1ccc(Cl)cc1)c1ccccc1Cl. The van der Waals surface area contributed by atoms with Gasteiger partial charge in [-0.05, 0) is 36.4 Å². The lowest BCUT2D eigenvalue weighted by Gasteiger charge is -2.05. The van der Waals surface area contributed by atoms with Crippen LogP contribution in [0.3, 0.4) is 0 Å². The molecule has 0 saturated carbocycles. The van der Waals surface area contributed by atoms with E-state index < -0.39 is 8.87 Å². The first kappa shape index (κ1) is 13.7. The first-order valence-corrected chi connectivity index (χ1v) is 8.51. The van der Waals surface area contributed by atoms with E-state index in [9.17, 15) is 8.42 Å². The first-order chi connectivity index (χ1) is 8.49. The molecule has 2 nitrogen and oxygen atoms in total. The van der Waals surface area contributed by atoms with Crippen molar-refractivity contribution in [3.63, 3.8) is 0 Å². The molecular weight excluding hydrogens is 311 g/mol. The number of benzene rings is 2. The summed E-state index contributed by atoms with van der Waals surface area (Å²) in [5.74, 6) is 0. The van der Waals surface area contributed by atoms with Gasteiger partial charge in [0, 0.05) is 20.7 Å². The van der Waals surface area contributed by atoms with Crippen molar-refractivity contribution < 1.29 is 8.42 Å². The Bertz CT molecular complexity index is 652. The predicted molar refractivity (Wildman–Crippen MR) is 75.9 cm³/mol. The van der Waals surface area contributed by atoms with E-state index in [0.29, 0.717) is 9.92 Å². The minimum atomic E-state index is -3.52. The van der Waals surface area contributed by atoms with Crippen molar-refractivity contribution in [2.75, 3.05) is 0 Å². The highest BCUT2D eigenvalue weighted by molar-refractivity contribution is 8.72. The maximum atomic E-state index is 12.2. The molecule has 6 heteroatoms. The predicted octanol–water partition coefficient (Wildman–Crippen LogP) is 4.47. The number of hydrogen-bond donors (Lipinski definition) is 0. The van der Waals surface area contributed by atoms with Crippen LogP contribution in [-0.4, -0.2) is 8.42 Å². The van der Waals surface area contributed by atoms with Crippen LogP contribution in [0.25, 0.3) is 0 Å². The summed E-state index contributed by atoms with van der Waals surface area (Å²) < 4.78 is 24.3. The summed E-state index contributed by atoms with van der Waals surface area (Å²) >= 11 is 11.6. The molecule has 0 aliphatic heterocycles. The highest BCUT2D eigenvalue weighted by Gasteiger charge is 2.19. The van der Waals surface area contributed by atoms with E-state index >= 15 is 0 Å². The van der Waals surface area contributed by atoms with Crippen molar-refractivity contribution in [3.05, 3.63) is 58.6 Å². The Morgan fingerprint density at radius 2 is 1.50 bits per heavy atom. The van der Waals surface area contributed by atoms with E-state index in [4.69, 9.17) is 23.2 Å². The third kappa shape index (κ3) is 3.20. The van der Waals surface area contributed by atoms with Gasteiger partial charge in [0.05, 0.1) is 9.92 Å². The normalized spacial score (nSPS) is 11.4. The standard InChI is InChI=1S/C12H8Cl2O2S2/c13-9-5-7-10(8-6-9)17-18(15,16)12-4-2-1-3-11(12)14/h1-8H. The summed E-state index contributed by atoms with van der Waals surface area (Å²) in [6.07, 6.45) is 0. The van der Waals surface area contributed by atoms with Crippen LogP contribution >= 0.6 is 34.0 Å². The number of halogens is 2. The molecule has 94 valence electrons. The molecule has 0 bridgehead atoms. The van der Waals surface area contributed by atoms with Crippen LogP contribution in [0.5, 0.6) is 0 Å². The van der Waals surface area contributed by atoms with Gasteiger partial charge in [0.15, 0.2) is 0 Å². The van der Waals surface area contributed by atoms with Gasteiger partial charge in [0.2, 0.25) is 8.87 Å². The molecule has 0 spiro atoms. The Morgan fingerprint density at radius 1 is 0.889 bits per heavy atom. The summed E-state index contributed by atoms with van der Waals surface area (Å²) in [6.45, 7) is 0. The second kappa shape index (κ2) is 5.53. The Kier molecular flexibility index (Phi) is 4.22. The smallest absolute Gasteiger partial charge is 0.212 e. The molecule has 0 atom stereocenters. The van der Waals surface area contributed by atoms with Crippen molar-refractivity contribution in [2.45, 2.75) is 9.79 Å². The Labute approximate surface area is 119 Å². The van der Waals surface area contributed by atoms with E-state index in [-0.39, 0.29) is 9.92 Å². The summed E-state index contributed by atoms with van der Waals surface area (Å²) in [6, 6.07) is 13.0. The minimum Gasteiger partial charge on any atom is -0.212 e. The lowest BCUT2D eigenvalue weighted by atomic mass is 10.4. The zero-order valence-electron chi connectivity index (χ0n) is 9.01. The third-order valence-electron chi connectivity index (χ3n) is 2.13. The molecular formula is C12H8Cl2O2S2. The average Bonchev–Trinajstić information content (AvgIpc) is 2.32. The molecule has 0 unspecified atom stereocenters. The lowest BCUT2D eigenvalue weighted by molar-refractivity contribution is 0.610.